The average molecular weight is 337 g/mol. The molecule has 0 radical (unpaired) electrons. The van der Waals surface area contributed by atoms with Gasteiger partial charge in [-0.25, -0.2) is 0 Å². The van der Waals surface area contributed by atoms with Crippen molar-refractivity contribution in [1.29, 1.82) is 0 Å². The van der Waals surface area contributed by atoms with Crippen LogP contribution in [-0.2, 0) is 4.79 Å². The Hall–Kier alpha value is -2.80. The van der Waals surface area contributed by atoms with Crippen molar-refractivity contribution < 1.29 is 19.2 Å². The molecule has 2 aromatic carbocycles. The highest BCUT2D eigenvalue weighted by atomic mass is 35.5. The van der Waals surface area contributed by atoms with Crippen molar-refractivity contribution in [2.75, 3.05) is 19.0 Å². The number of nitrogens with zero attached hydrogens (tertiary/aromatic N) is 1. The number of carbonyl (C=O) groups is 1. The summed E-state index contributed by atoms with van der Waals surface area (Å²) < 4.78 is 10.5. The average Bonchev–Trinajstić information content (AvgIpc) is 2.54. The van der Waals surface area contributed by atoms with Gasteiger partial charge in [0.05, 0.1) is 22.7 Å². The second-order valence-corrected chi connectivity index (χ2v) is 4.82. The molecule has 0 unspecified atom stereocenters. The predicted octanol–water partition coefficient (Wildman–Crippen LogP) is 3.27. The maximum atomic E-state index is 11.9. The molecule has 7 nitrogen and oxygen atoms in total. The standard InChI is InChI=1S/C15H13ClN2O5/c1-22-13-4-2-3-5-14(13)23-9-15(19)17-12-7-6-10(18(20)21)8-11(12)16/h2-8H,9H2,1H3,(H,17,19). The van der Waals surface area contributed by atoms with Gasteiger partial charge in [0.2, 0.25) is 0 Å². The molecule has 8 heteroatoms. The van der Waals surface area contributed by atoms with E-state index in [9.17, 15) is 14.9 Å². The molecule has 0 aromatic heterocycles. The van der Waals surface area contributed by atoms with Gasteiger partial charge in [-0.1, -0.05) is 23.7 Å². The van der Waals surface area contributed by atoms with Gasteiger partial charge in [0.1, 0.15) is 0 Å². The maximum Gasteiger partial charge on any atom is 0.271 e. The largest absolute Gasteiger partial charge is 0.493 e. The Kier molecular flexibility index (Phi) is 5.37. The van der Waals surface area contributed by atoms with Crippen LogP contribution in [0.4, 0.5) is 11.4 Å². The number of para-hydroxylation sites is 2. The Bertz CT molecular complexity index is 736. The minimum atomic E-state index is -0.567. The summed E-state index contributed by atoms with van der Waals surface area (Å²) in [6.45, 7) is -0.256. The van der Waals surface area contributed by atoms with E-state index in [0.29, 0.717) is 11.5 Å². The summed E-state index contributed by atoms with van der Waals surface area (Å²) >= 11 is 5.90. The van der Waals surface area contributed by atoms with Gasteiger partial charge in [0.15, 0.2) is 18.1 Å². The number of amides is 1. The van der Waals surface area contributed by atoms with Gasteiger partial charge in [-0.3, -0.25) is 14.9 Å². The number of ether oxygens (including phenoxy) is 2. The molecule has 0 aliphatic carbocycles. The second-order valence-electron chi connectivity index (χ2n) is 4.41. The van der Waals surface area contributed by atoms with E-state index in [0.717, 1.165) is 6.07 Å². The van der Waals surface area contributed by atoms with Crippen molar-refractivity contribution >= 4 is 28.9 Å². The number of carbonyl (C=O) groups excluding carboxylic acids is 1. The third-order valence-electron chi connectivity index (χ3n) is 2.87. The van der Waals surface area contributed by atoms with Crippen LogP contribution in [0.2, 0.25) is 5.02 Å². The van der Waals surface area contributed by atoms with E-state index in [1.807, 2.05) is 0 Å². The van der Waals surface area contributed by atoms with Gasteiger partial charge in [-0.05, 0) is 18.2 Å². The molecule has 120 valence electrons. The minimum Gasteiger partial charge on any atom is -0.493 e. The molecule has 0 saturated heterocycles. The molecular weight excluding hydrogens is 324 g/mol. The molecule has 0 heterocycles. The van der Waals surface area contributed by atoms with E-state index in [2.05, 4.69) is 5.32 Å². The van der Waals surface area contributed by atoms with Gasteiger partial charge in [0.25, 0.3) is 11.6 Å². The van der Waals surface area contributed by atoms with Gasteiger partial charge < -0.3 is 14.8 Å². The topological polar surface area (TPSA) is 90.7 Å². The van der Waals surface area contributed by atoms with Crippen LogP contribution in [0.5, 0.6) is 11.5 Å². The van der Waals surface area contributed by atoms with Crippen LogP contribution in [0.15, 0.2) is 42.5 Å². The van der Waals surface area contributed by atoms with E-state index in [-0.39, 0.29) is 23.0 Å². The number of non-ortho nitro benzene ring substituents is 1. The normalized spacial score (nSPS) is 10.0. The van der Waals surface area contributed by atoms with Crippen LogP contribution in [0, 0.1) is 10.1 Å². The zero-order valence-corrected chi connectivity index (χ0v) is 12.9. The molecule has 0 atom stereocenters. The highest BCUT2D eigenvalue weighted by Crippen LogP contribution is 2.27. The summed E-state index contributed by atoms with van der Waals surface area (Å²) in [6, 6.07) is 10.7. The molecular formula is C15H13ClN2O5. The first kappa shape index (κ1) is 16.6. The smallest absolute Gasteiger partial charge is 0.271 e. The number of hydrogen-bond donors (Lipinski definition) is 1. The summed E-state index contributed by atoms with van der Waals surface area (Å²) in [5, 5.41) is 13.2. The van der Waals surface area contributed by atoms with E-state index in [4.69, 9.17) is 21.1 Å². The number of halogens is 1. The summed E-state index contributed by atoms with van der Waals surface area (Å²) in [6.07, 6.45) is 0. The van der Waals surface area contributed by atoms with Gasteiger partial charge in [-0.2, -0.15) is 0 Å². The summed E-state index contributed by atoms with van der Waals surface area (Å²) in [4.78, 5) is 22.0. The number of nitro groups is 1. The van der Waals surface area contributed by atoms with E-state index < -0.39 is 10.8 Å². The molecule has 0 aliphatic rings. The number of hydrogen-bond acceptors (Lipinski definition) is 5. The highest BCUT2D eigenvalue weighted by molar-refractivity contribution is 6.34. The van der Waals surface area contributed by atoms with Crippen LogP contribution >= 0.6 is 11.6 Å². The number of nitro benzene ring substituents is 1. The van der Waals surface area contributed by atoms with Crippen molar-refractivity contribution in [2.45, 2.75) is 0 Å². The Balaban J connectivity index is 1.98. The lowest BCUT2D eigenvalue weighted by Crippen LogP contribution is -2.20. The zero-order chi connectivity index (χ0) is 16.8. The van der Waals surface area contributed by atoms with Crippen molar-refractivity contribution in [3.8, 4) is 11.5 Å². The first-order chi connectivity index (χ1) is 11.0. The van der Waals surface area contributed by atoms with E-state index >= 15 is 0 Å². The Labute approximate surface area is 136 Å². The summed E-state index contributed by atoms with van der Waals surface area (Å²) in [5.41, 5.74) is 0.115. The molecule has 0 saturated carbocycles. The fraction of sp³-hybridized carbons (Fsp3) is 0.133. The van der Waals surface area contributed by atoms with Gasteiger partial charge in [-0.15, -0.1) is 0 Å². The molecule has 0 bridgehead atoms. The lowest BCUT2D eigenvalue weighted by molar-refractivity contribution is -0.384. The first-order valence-corrected chi connectivity index (χ1v) is 6.88. The van der Waals surface area contributed by atoms with E-state index in [1.165, 1.54) is 19.2 Å². The van der Waals surface area contributed by atoms with Gasteiger partial charge in [0, 0.05) is 12.1 Å². The number of nitrogens with one attached hydrogen (secondary N) is 1. The number of methoxy groups -OCH3 is 1. The van der Waals surface area contributed by atoms with Crippen LogP contribution in [0.3, 0.4) is 0 Å². The Morgan fingerprint density at radius 3 is 2.57 bits per heavy atom. The van der Waals surface area contributed by atoms with Crippen molar-refractivity contribution in [2.24, 2.45) is 0 Å². The van der Waals surface area contributed by atoms with Gasteiger partial charge >= 0.3 is 0 Å². The molecule has 1 amide bonds. The van der Waals surface area contributed by atoms with Crippen LogP contribution in [0.25, 0.3) is 0 Å². The Morgan fingerprint density at radius 1 is 1.26 bits per heavy atom. The molecule has 23 heavy (non-hydrogen) atoms. The van der Waals surface area contributed by atoms with Crippen molar-refractivity contribution in [1.82, 2.24) is 0 Å². The molecule has 2 aromatic rings. The third kappa shape index (κ3) is 4.33. The summed E-state index contributed by atoms with van der Waals surface area (Å²) in [7, 11) is 1.50. The maximum absolute atomic E-state index is 11.9. The number of anilines is 1. The molecule has 1 N–H and O–H groups in total. The lowest BCUT2D eigenvalue weighted by atomic mass is 10.3. The number of benzene rings is 2. The zero-order valence-electron chi connectivity index (χ0n) is 12.1. The van der Waals surface area contributed by atoms with Crippen molar-refractivity contribution in [3.05, 3.63) is 57.6 Å². The van der Waals surface area contributed by atoms with Crippen LogP contribution < -0.4 is 14.8 Å². The van der Waals surface area contributed by atoms with Crippen molar-refractivity contribution in [3.63, 3.8) is 0 Å². The first-order valence-electron chi connectivity index (χ1n) is 6.51. The predicted molar refractivity (Wildman–Crippen MR) is 85.2 cm³/mol. The highest BCUT2D eigenvalue weighted by Gasteiger charge is 2.12. The fourth-order valence-corrected chi connectivity index (χ4v) is 2.01. The number of rotatable bonds is 6. The molecule has 0 fully saturated rings. The summed E-state index contributed by atoms with van der Waals surface area (Å²) in [5.74, 6) is 0.486. The molecule has 2 rings (SSSR count). The third-order valence-corrected chi connectivity index (χ3v) is 3.18. The Morgan fingerprint density at radius 2 is 1.96 bits per heavy atom. The molecule has 0 spiro atoms. The van der Waals surface area contributed by atoms with E-state index in [1.54, 1.807) is 24.3 Å². The monoisotopic (exact) mass is 336 g/mol. The molecule has 0 aliphatic heterocycles. The lowest BCUT2D eigenvalue weighted by Gasteiger charge is -2.11. The SMILES string of the molecule is COc1ccccc1OCC(=O)Nc1ccc([N+](=O)[O-])cc1Cl. The van der Waals surface area contributed by atoms with Crippen LogP contribution in [0.1, 0.15) is 0 Å². The minimum absolute atomic E-state index is 0.0739. The fourth-order valence-electron chi connectivity index (χ4n) is 1.79. The van der Waals surface area contributed by atoms with Crippen LogP contribution in [-0.4, -0.2) is 24.5 Å². The second kappa shape index (κ2) is 7.46. The quantitative estimate of drug-likeness (QED) is 0.645.